The Morgan fingerprint density at radius 1 is 1.14 bits per heavy atom. The Hall–Kier alpha value is -1.10. The average Bonchev–Trinajstić information content (AvgIpc) is 3.07. The van der Waals surface area contributed by atoms with Gasteiger partial charge in [-0.1, -0.05) is 6.42 Å². The molecule has 0 aromatic rings. The second-order valence-corrected chi connectivity index (χ2v) is 7.69. The van der Waals surface area contributed by atoms with Gasteiger partial charge >= 0.3 is 11.9 Å². The molecule has 1 N–H and O–H groups in total. The zero-order valence-corrected chi connectivity index (χ0v) is 13.6. The molecule has 0 aromatic heterocycles. The molecule has 0 heterocycles. The van der Waals surface area contributed by atoms with Crippen LogP contribution >= 0.6 is 0 Å². The zero-order chi connectivity index (χ0) is 16.1. The fraction of sp³-hybridized carbons (Fsp3) is 0.882. The maximum Gasteiger partial charge on any atom is 0.322 e. The smallest absolute Gasteiger partial charge is 0.322 e. The van der Waals surface area contributed by atoms with E-state index in [0.29, 0.717) is 5.92 Å². The molecule has 0 spiro atoms. The summed E-state index contributed by atoms with van der Waals surface area (Å²) >= 11 is 0. The van der Waals surface area contributed by atoms with Gasteiger partial charge in [-0.2, -0.15) is 0 Å². The van der Waals surface area contributed by atoms with Crippen molar-refractivity contribution >= 4 is 11.9 Å². The van der Waals surface area contributed by atoms with Gasteiger partial charge in [0.25, 0.3) is 0 Å². The van der Waals surface area contributed by atoms with Gasteiger partial charge in [0, 0.05) is 13.8 Å². The molecule has 124 valence electrons. The van der Waals surface area contributed by atoms with Crippen LogP contribution in [0.15, 0.2) is 0 Å². The first-order valence-electron chi connectivity index (χ1n) is 8.42. The fourth-order valence-corrected chi connectivity index (χ4v) is 4.96. The second kappa shape index (κ2) is 5.52. The minimum Gasteiger partial charge on any atom is -0.481 e. The van der Waals surface area contributed by atoms with E-state index in [-0.39, 0.29) is 6.10 Å². The number of hydrogen-bond donors (Lipinski definition) is 1. The number of carbonyl (C=O) groups excluding carboxylic acids is 1. The lowest BCUT2D eigenvalue weighted by molar-refractivity contribution is -0.244. The lowest BCUT2D eigenvalue weighted by atomic mass is 9.80. The zero-order valence-electron chi connectivity index (χ0n) is 13.6. The molecular weight excluding hydrogens is 284 g/mol. The summed E-state index contributed by atoms with van der Waals surface area (Å²) in [6.07, 6.45) is 6.46. The highest BCUT2D eigenvalue weighted by atomic mass is 16.7. The Morgan fingerprint density at radius 3 is 2.50 bits per heavy atom. The Bertz CT molecular complexity index is 472. The van der Waals surface area contributed by atoms with Gasteiger partial charge in [0.05, 0.1) is 6.10 Å². The molecule has 3 saturated carbocycles. The minimum atomic E-state index is -1.17. The number of aliphatic carboxylic acids is 1. The SMILES string of the molecule is CC(C(=O)O)C(=O)OC(C)(C)OC1CC2CC1C1CCCC21. The normalized spacial score (nSPS) is 37.9. The highest BCUT2D eigenvalue weighted by Crippen LogP contribution is 2.59. The molecule has 0 aromatic carbocycles. The summed E-state index contributed by atoms with van der Waals surface area (Å²) in [7, 11) is 0. The van der Waals surface area contributed by atoms with Crippen molar-refractivity contribution < 1.29 is 24.2 Å². The molecule has 3 fully saturated rings. The molecule has 3 rings (SSSR count). The van der Waals surface area contributed by atoms with E-state index in [4.69, 9.17) is 14.6 Å². The van der Waals surface area contributed by atoms with Gasteiger partial charge in [-0.25, -0.2) is 0 Å². The van der Waals surface area contributed by atoms with Crippen LogP contribution in [0.3, 0.4) is 0 Å². The first-order chi connectivity index (χ1) is 10.3. The van der Waals surface area contributed by atoms with E-state index < -0.39 is 23.6 Å². The van der Waals surface area contributed by atoms with Gasteiger partial charge < -0.3 is 14.6 Å². The summed E-state index contributed by atoms with van der Waals surface area (Å²) in [5.41, 5.74) is 0. The van der Waals surface area contributed by atoms with Crippen LogP contribution in [0.5, 0.6) is 0 Å². The van der Waals surface area contributed by atoms with Crippen molar-refractivity contribution in [1.29, 1.82) is 0 Å². The number of fused-ring (bicyclic) bond motifs is 5. The van der Waals surface area contributed by atoms with E-state index in [1.165, 1.54) is 32.6 Å². The second-order valence-electron chi connectivity index (χ2n) is 7.69. The predicted molar refractivity (Wildman–Crippen MR) is 78.9 cm³/mol. The van der Waals surface area contributed by atoms with Gasteiger partial charge in [-0.3, -0.25) is 9.59 Å². The molecule has 22 heavy (non-hydrogen) atoms. The number of carboxylic acid groups (broad SMARTS) is 1. The van der Waals surface area contributed by atoms with E-state index in [2.05, 4.69) is 0 Å². The van der Waals surface area contributed by atoms with Crippen LogP contribution < -0.4 is 0 Å². The van der Waals surface area contributed by atoms with Crippen LogP contribution in [0.1, 0.15) is 52.9 Å². The number of ether oxygens (including phenoxy) is 2. The van der Waals surface area contributed by atoms with Crippen molar-refractivity contribution in [3.05, 3.63) is 0 Å². The van der Waals surface area contributed by atoms with E-state index in [1.807, 2.05) is 0 Å². The fourth-order valence-electron chi connectivity index (χ4n) is 4.96. The van der Waals surface area contributed by atoms with Gasteiger partial charge in [0.2, 0.25) is 5.79 Å². The lowest BCUT2D eigenvalue weighted by Crippen LogP contribution is -2.41. The molecule has 0 aliphatic heterocycles. The van der Waals surface area contributed by atoms with E-state index in [9.17, 15) is 9.59 Å². The highest BCUT2D eigenvalue weighted by Gasteiger charge is 2.55. The molecule has 5 heteroatoms. The Kier molecular flexibility index (Phi) is 3.96. The van der Waals surface area contributed by atoms with Crippen LogP contribution in [0.2, 0.25) is 0 Å². The quantitative estimate of drug-likeness (QED) is 0.480. The number of rotatable bonds is 5. The summed E-state index contributed by atoms with van der Waals surface area (Å²) < 4.78 is 11.4. The van der Waals surface area contributed by atoms with Gasteiger partial charge in [-0.05, 0) is 56.3 Å². The topological polar surface area (TPSA) is 72.8 Å². The number of esters is 1. The molecule has 0 amide bonds. The van der Waals surface area contributed by atoms with Crippen molar-refractivity contribution in [1.82, 2.24) is 0 Å². The van der Waals surface area contributed by atoms with Crippen molar-refractivity contribution in [3.63, 3.8) is 0 Å². The van der Waals surface area contributed by atoms with Gasteiger partial charge in [0.1, 0.15) is 0 Å². The van der Waals surface area contributed by atoms with Crippen molar-refractivity contribution in [2.24, 2.45) is 29.6 Å². The third-order valence-electron chi connectivity index (χ3n) is 5.87. The van der Waals surface area contributed by atoms with E-state index in [0.717, 1.165) is 24.2 Å². The minimum absolute atomic E-state index is 0.146. The molecule has 6 unspecified atom stereocenters. The van der Waals surface area contributed by atoms with Crippen LogP contribution in [-0.4, -0.2) is 28.9 Å². The standard InChI is InChI=1S/C17H26O5/c1-9(15(18)19)16(20)22-17(2,3)21-14-8-10-7-13(14)12-6-4-5-11(10)12/h9-14H,4-8H2,1-3H3,(H,18,19). The molecule has 2 bridgehead atoms. The molecule has 3 aliphatic rings. The van der Waals surface area contributed by atoms with Gasteiger partial charge in [-0.15, -0.1) is 0 Å². The van der Waals surface area contributed by atoms with Crippen molar-refractivity contribution in [3.8, 4) is 0 Å². The summed E-state index contributed by atoms with van der Waals surface area (Å²) in [4.78, 5) is 22.7. The maximum atomic E-state index is 11.8. The van der Waals surface area contributed by atoms with Crippen LogP contribution in [0.25, 0.3) is 0 Å². The third kappa shape index (κ3) is 2.75. The number of carboxylic acids is 1. The summed E-state index contributed by atoms with van der Waals surface area (Å²) in [5.74, 6) is -1.10. The first kappa shape index (κ1) is 15.8. The molecule has 5 nitrogen and oxygen atoms in total. The van der Waals surface area contributed by atoms with Crippen LogP contribution in [-0.2, 0) is 19.1 Å². The molecular formula is C17H26O5. The number of carbonyl (C=O) groups is 2. The predicted octanol–water partition coefficient (Wildman–Crippen LogP) is 2.83. The van der Waals surface area contributed by atoms with Crippen LogP contribution in [0, 0.1) is 29.6 Å². The number of hydrogen-bond acceptors (Lipinski definition) is 4. The Morgan fingerprint density at radius 2 is 1.82 bits per heavy atom. The largest absolute Gasteiger partial charge is 0.481 e. The Labute approximate surface area is 131 Å². The molecule has 6 atom stereocenters. The van der Waals surface area contributed by atoms with E-state index in [1.54, 1.807) is 13.8 Å². The van der Waals surface area contributed by atoms with Crippen LogP contribution in [0.4, 0.5) is 0 Å². The summed E-state index contributed by atoms with van der Waals surface area (Å²) in [6.45, 7) is 4.75. The molecule has 3 aliphatic carbocycles. The van der Waals surface area contributed by atoms with E-state index >= 15 is 0 Å². The maximum absolute atomic E-state index is 11.8. The Balaban J connectivity index is 1.58. The lowest BCUT2D eigenvalue weighted by Gasteiger charge is -2.36. The molecule has 0 radical (unpaired) electrons. The van der Waals surface area contributed by atoms with Crippen molar-refractivity contribution in [2.75, 3.05) is 0 Å². The monoisotopic (exact) mass is 310 g/mol. The summed E-state index contributed by atoms with van der Waals surface area (Å²) in [6, 6.07) is 0. The summed E-state index contributed by atoms with van der Waals surface area (Å²) in [5, 5.41) is 8.88. The van der Waals surface area contributed by atoms with Gasteiger partial charge in [0.15, 0.2) is 5.92 Å². The highest BCUT2D eigenvalue weighted by molar-refractivity contribution is 5.93. The third-order valence-corrected chi connectivity index (χ3v) is 5.87. The molecule has 0 saturated heterocycles. The average molecular weight is 310 g/mol. The first-order valence-corrected chi connectivity index (χ1v) is 8.42. The van der Waals surface area contributed by atoms with Crippen molar-refractivity contribution in [2.45, 2.75) is 64.8 Å².